The standard InChI is InChI=1S/C21H20BrNO3/c1-24-18-10-9-14(12-20(18)25-15-6-2-3-7-15)21-16(22)13-19(26-21)17-8-4-5-11-23-17/h4-5,8-13,15H,2-3,6-7H2,1H3. The summed E-state index contributed by atoms with van der Waals surface area (Å²) >= 11 is 3.61. The monoisotopic (exact) mass is 413 g/mol. The van der Waals surface area contributed by atoms with Crippen LogP contribution in [0.25, 0.3) is 22.8 Å². The zero-order chi connectivity index (χ0) is 17.9. The van der Waals surface area contributed by atoms with Gasteiger partial charge in [0.15, 0.2) is 17.3 Å². The molecule has 26 heavy (non-hydrogen) atoms. The lowest BCUT2D eigenvalue weighted by atomic mass is 10.1. The van der Waals surface area contributed by atoms with Gasteiger partial charge in [-0.3, -0.25) is 4.98 Å². The highest BCUT2D eigenvalue weighted by Gasteiger charge is 2.20. The van der Waals surface area contributed by atoms with E-state index in [1.165, 1.54) is 12.8 Å². The Bertz CT molecular complexity index is 886. The van der Waals surface area contributed by atoms with Crippen molar-refractivity contribution in [1.82, 2.24) is 4.98 Å². The van der Waals surface area contributed by atoms with Crippen LogP contribution in [0.1, 0.15) is 25.7 Å². The maximum Gasteiger partial charge on any atom is 0.162 e. The lowest BCUT2D eigenvalue weighted by Crippen LogP contribution is -2.11. The van der Waals surface area contributed by atoms with Gasteiger partial charge in [0.05, 0.1) is 17.7 Å². The Labute approximate surface area is 161 Å². The molecule has 1 fully saturated rings. The van der Waals surface area contributed by atoms with Gasteiger partial charge in [0.25, 0.3) is 0 Å². The normalized spacial score (nSPS) is 14.5. The van der Waals surface area contributed by atoms with Crippen molar-refractivity contribution in [3.05, 3.63) is 53.1 Å². The van der Waals surface area contributed by atoms with E-state index in [1.54, 1.807) is 13.3 Å². The summed E-state index contributed by atoms with van der Waals surface area (Å²) in [5.74, 6) is 2.99. The third-order valence-electron chi connectivity index (χ3n) is 4.63. The summed E-state index contributed by atoms with van der Waals surface area (Å²) < 4.78 is 18.6. The first-order valence-electron chi connectivity index (χ1n) is 8.80. The van der Waals surface area contributed by atoms with E-state index in [1.807, 2.05) is 42.5 Å². The average Bonchev–Trinajstić information content (AvgIpc) is 3.32. The fourth-order valence-electron chi connectivity index (χ4n) is 3.30. The molecule has 1 aromatic carbocycles. The van der Waals surface area contributed by atoms with Crippen LogP contribution in [0.4, 0.5) is 0 Å². The minimum atomic E-state index is 0.267. The van der Waals surface area contributed by atoms with Crippen molar-refractivity contribution in [1.29, 1.82) is 0 Å². The van der Waals surface area contributed by atoms with E-state index in [0.29, 0.717) is 0 Å². The van der Waals surface area contributed by atoms with Gasteiger partial charge in [0.1, 0.15) is 11.5 Å². The molecule has 3 aromatic rings. The molecule has 0 atom stereocenters. The number of halogens is 1. The molecule has 0 spiro atoms. The van der Waals surface area contributed by atoms with Crippen LogP contribution >= 0.6 is 15.9 Å². The van der Waals surface area contributed by atoms with E-state index in [0.717, 1.165) is 51.6 Å². The second-order valence-corrected chi connectivity index (χ2v) is 7.25. The quantitative estimate of drug-likeness (QED) is 0.506. The largest absolute Gasteiger partial charge is 0.493 e. The highest BCUT2D eigenvalue weighted by atomic mass is 79.9. The summed E-state index contributed by atoms with van der Waals surface area (Å²) in [6, 6.07) is 13.6. The highest BCUT2D eigenvalue weighted by molar-refractivity contribution is 9.10. The van der Waals surface area contributed by atoms with E-state index < -0.39 is 0 Å². The Balaban J connectivity index is 1.68. The molecule has 0 radical (unpaired) electrons. The Morgan fingerprint density at radius 3 is 2.65 bits per heavy atom. The molecule has 0 amide bonds. The summed E-state index contributed by atoms with van der Waals surface area (Å²) in [5, 5.41) is 0. The van der Waals surface area contributed by atoms with Gasteiger partial charge in [-0.1, -0.05) is 6.07 Å². The van der Waals surface area contributed by atoms with Crippen molar-refractivity contribution in [3.63, 3.8) is 0 Å². The third kappa shape index (κ3) is 3.49. The molecule has 0 N–H and O–H groups in total. The molecule has 2 heterocycles. The van der Waals surface area contributed by atoms with Crippen LogP contribution in [0.2, 0.25) is 0 Å². The molecule has 1 aliphatic rings. The average molecular weight is 414 g/mol. The van der Waals surface area contributed by atoms with E-state index in [-0.39, 0.29) is 6.10 Å². The summed E-state index contributed by atoms with van der Waals surface area (Å²) in [6.07, 6.45) is 6.67. The van der Waals surface area contributed by atoms with Gasteiger partial charge in [-0.2, -0.15) is 0 Å². The number of hydrogen-bond acceptors (Lipinski definition) is 4. The number of benzene rings is 1. The fourth-order valence-corrected chi connectivity index (χ4v) is 3.81. The number of methoxy groups -OCH3 is 1. The molecule has 0 bridgehead atoms. The lowest BCUT2D eigenvalue weighted by Gasteiger charge is -2.16. The van der Waals surface area contributed by atoms with Crippen molar-refractivity contribution in [2.45, 2.75) is 31.8 Å². The van der Waals surface area contributed by atoms with Gasteiger partial charge < -0.3 is 13.9 Å². The molecule has 4 nitrogen and oxygen atoms in total. The third-order valence-corrected chi connectivity index (χ3v) is 5.21. The molecule has 1 saturated carbocycles. The molecule has 2 aromatic heterocycles. The van der Waals surface area contributed by atoms with Crippen molar-refractivity contribution in [3.8, 4) is 34.3 Å². The summed E-state index contributed by atoms with van der Waals surface area (Å²) in [4.78, 5) is 4.35. The second-order valence-electron chi connectivity index (χ2n) is 6.39. The number of ether oxygens (including phenoxy) is 2. The smallest absolute Gasteiger partial charge is 0.162 e. The predicted octanol–water partition coefficient (Wildman–Crippen LogP) is 6.10. The topological polar surface area (TPSA) is 44.5 Å². The minimum absolute atomic E-state index is 0.267. The van der Waals surface area contributed by atoms with Crippen LogP contribution in [0.3, 0.4) is 0 Å². The van der Waals surface area contributed by atoms with Crippen molar-refractivity contribution >= 4 is 15.9 Å². The summed E-state index contributed by atoms with van der Waals surface area (Å²) in [6.45, 7) is 0. The maximum atomic E-state index is 6.20. The van der Waals surface area contributed by atoms with E-state index in [2.05, 4.69) is 20.9 Å². The SMILES string of the molecule is COc1ccc(-c2oc(-c3ccccn3)cc2Br)cc1OC1CCCC1. The van der Waals surface area contributed by atoms with Gasteiger partial charge >= 0.3 is 0 Å². The van der Waals surface area contributed by atoms with Gasteiger partial charge in [-0.05, 0) is 71.9 Å². The number of nitrogens with zero attached hydrogens (tertiary/aromatic N) is 1. The minimum Gasteiger partial charge on any atom is -0.493 e. The number of aromatic nitrogens is 1. The molecule has 0 saturated heterocycles. The number of hydrogen-bond donors (Lipinski definition) is 0. The number of pyridine rings is 1. The summed E-state index contributed by atoms with van der Waals surface area (Å²) in [7, 11) is 1.67. The van der Waals surface area contributed by atoms with Gasteiger partial charge in [0, 0.05) is 17.8 Å². The van der Waals surface area contributed by atoms with Gasteiger partial charge in [-0.15, -0.1) is 0 Å². The molecule has 4 rings (SSSR count). The zero-order valence-corrected chi connectivity index (χ0v) is 16.2. The van der Waals surface area contributed by atoms with Crippen molar-refractivity contribution < 1.29 is 13.9 Å². The highest BCUT2D eigenvalue weighted by Crippen LogP contribution is 2.40. The van der Waals surface area contributed by atoms with Gasteiger partial charge in [-0.25, -0.2) is 0 Å². The van der Waals surface area contributed by atoms with Crippen LogP contribution in [0.5, 0.6) is 11.5 Å². The van der Waals surface area contributed by atoms with Crippen LogP contribution < -0.4 is 9.47 Å². The second kappa shape index (κ2) is 7.54. The maximum absolute atomic E-state index is 6.20. The Morgan fingerprint density at radius 2 is 1.92 bits per heavy atom. The predicted molar refractivity (Wildman–Crippen MR) is 105 cm³/mol. The van der Waals surface area contributed by atoms with E-state index in [9.17, 15) is 0 Å². The Morgan fingerprint density at radius 1 is 1.08 bits per heavy atom. The first-order chi connectivity index (χ1) is 12.7. The first-order valence-corrected chi connectivity index (χ1v) is 9.59. The molecule has 5 heteroatoms. The molecule has 0 unspecified atom stereocenters. The van der Waals surface area contributed by atoms with Crippen LogP contribution in [0.15, 0.2) is 57.6 Å². The summed E-state index contributed by atoms with van der Waals surface area (Å²) in [5.41, 5.74) is 1.74. The van der Waals surface area contributed by atoms with Gasteiger partial charge in [0.2, 0.25) is 0 Å². The van der Waals surface area contributed by atoms with Crippen LogP contribution in [-0.2, 0) is 0 Å². The van der Waals surface area contributed by atoms with Crippen molar-refractivity contribution in [2.24, 2.45) is 0 Å². The van der Waals surface area contributed by atoms with Crippen LogP contribution in [-0.4, -0.2) is 18.2 Å². The first kappa shape index (κ1) is 17.2. The molecular weight excluding hydrogens is 394 g/mol. The molecule has 134 valence electrons. The van der Waals surface area contributed by atoms with Crippen molar-refractivity contribution in [2.75, 3.05) is 7.11 Å². The van der Waals surface area contributed by atoms with E-state index in [4.69, 9.17) is 13.9 Å². The fraction of sp³-hybridized carbons (Fsp3) is 0.286. The zero-order valence-electron chi connectivity index (χ0n) is 14.6. The molecule has 0 aliphatic heterocycles. The number of furan rings is 1. The number of rotatable bonds is 5. The Kier molecular flexibility index (Phi) is 4.98. The lowest BCUT2D eigenvalue weighted by molar-refractivity contribution is 0.201. The molecular formula is C21H20BrNO3. The van der Waals surface area contributed by atoms with E-state index >= 15 is 0 Å². The Hall–Kier alpha value is -2.27. The van der Waals surface area contributed by atoms with Crippen LogP contribution in [0, 0.1) is 0 Å². The molecule has 1 aliphatic carbocycles.